The maximum atomic E-state index is 11.6. The zero-order valence-electron chi connectivity index (χ0n) is 8.78. The Labute approximate surface area is 103 Å². The van der Waals surface area contributed by atoms with E-state index in [9.17, 15) is 4.79 Å². The van der Waals surface area contributed by atoms with Crippen LogP contribution >= 0.6 is 15.9 Å². The van der Waals surface area contributed by atoms with Gasteiger partial charge in [-0.15, -0.1) is 0 Å². The second kappa shape index (κ2) is 5.41. The highest BCUT2D eigenvalue weighted by molar-refractivity contribution is 9.10. The number of aromatic nitrogens is 1. The molecule has 1 atom stereocenters. The summed E-state index contributed by atoms with van der Waals surface area (Å²) in [6.45, 7) is 1.36. The maximum Gasteiger partial charge on any atom is 0.226 e. The van der Waals surface area contributed by atoms with E-state index in [1.54, 1.807) is 6.20 Å². The summed E-state index contributed by atoms with van der Waals surface area (Å²) in [6.07, 6.45) is 2.92. The molecule has 16 heavy (non-hydrogen) atoms. The molecule has 1 amide bonds. The van der Waals surface area contributed by atoms with Crippen molar-refractivity contribution in [2.24, 2.45) is 0 Å². The number of nitrogens with one attached hydrogen (secondary N) is 1. The average Bonchev–Trinajstić information content (AvgIpc) is 2.74. The molecule has 2 rings (SSSR count). The van der Waals surface area contributed by atoms with Crippen LogP contribution in [0.2, 0.25) is 0 Å². The van der Waals surface area contributed by atoms with Crippen molar-refractivity contribution < 1.29 is 9.53 Å². The third-order valence-corrected chi connectivity index (χ3v) is 2.89. The van der Waals surface area contributed by atoms with Gasteiger partial charge in [-0.2, -0.15) is 0 Å². The molecule has 2 heterocycles. The van der Waals surface area contributed by atoms with Gasteiger partial charge in [-0.25, -0.2) is 0 Å². The molecule has 1 N–H and O–H groups in total. The molecule has 0 bridgehead atoms. The lowest BCUT2D eigenvalue weighted by molar-refractivity contribution is -0.121. The van der Waals surface area contributed by atoms with Crippen molar-refractivity contribution in [1.29, 1.82) is 0 Å². The molecule has 1 fully saturated rings. The number of halogens is 1. The minimum atomic E-state index is 0.00493. The van der Waals surface area contributed by atoms with E-state index in [1.807, 2.05) is 12.1 Å². The van der Waals surface area contributed by atoms with Gasteiger partial charge >= 0.3 is 0 Å². The lowest BCUT2D eigenvalue weighted by Gasteiger charge is -2.09. The molecule has 0 spiro atoms. The predicted octanol–water partition coefficient (Wildman–Crippen LogP) is 1.29. The van der Waals surface area contributed by atoms with Gasteiger partial charge in [-0.05, 0) is 34.5 Å². The highest BCUT2D eigenvalue weighted by Crippen LogP contribution is 2.08. The highest BCUT2D eigenvalue weighted by Gasteiger charge is 2.17. The summed E-state index contributed by atoms with van der Waals surface area (Å²) in [7, 11) is 0. The Balaban J connectivity index is 1.84. The zero-order valence-corrected chi connectivity index (χ0v) is 10.4. The van der Waals surface area contributed by atoms with Crippen molar-refractivity contribution in [3.8, 4) is 0 Å². The second-order valence-electron chi connectivity index (χ2n) is 3.77. The molecule has 1 aromatic rings. The number of hydrogen-bond donors (Lipinski definition) is 1. The van der Waals surface area contributed by atoms with Crippen LogP contribution in [0.25, 0.3) is 0 Å². The first-order valence-corrected chi connectivity index (χ1v) is 6.01. The van der Waals surface area contributed by atoms with Gasteiger partial charge in [-0.1, -0.05) is 0 Å². The molecule has 0 radical (unpaired) electrons. The summed E-state index contributed by atoms with van der Waals surface area (Å²) in [6, 6.07) is 3.89. The normalized spacial score (nSPS) is 19.7. The van der Waals surface area contributed by atoms with Crippen molar-refractivity contribution in [3.05, 3.63) is 28.5 Å². The molecule has 1 saturated heterocycles. The number of pyridine rings is 1. The maximum absolute atomic E-state index is 11.6. The Kier molecular flexibility index (Phi) is 3.90. The van der Waals surface area contributed by atoms with Gasteiger partial charge in [0.15, 0.2) is 0 Å². The van der Waals surface area contributed by atoms with E-state index in [0.717, 1.165) is 23.2 Å². The van der Waals surface area contributed by atoms with Gasteiger partial charge in [-0.3, -0.25) is 9.78 Å². The Hall–Kier alpha value is -0.940. The Morgan fingerprint density at radius 3 is 3.12 bits per heavy atom. The third kappa shape index (κ3) is 3.28. The van der Waals surface area contributed by atoms with Gasteiger partial charge in [0, 0.05) is 23.0 Å². The fourth-order valence-electron chi connectivity index (χ4n) is 1.60. The van der Waals surface area contributed by atoms with Crippen LogP contribution in [-0.2, 0) is 16.0 Å². The number of nitrogens with zero attached hydrogens (tertiary/aromatic N) is 1. The molecular formula is C11H13BrN2O2. The van der Waals surface area contributed by atoms with E-state index in [4.69, 9.17) is 4.74 Å². The van der Waals surface area contributed by atoms with Crippen molar-refractivity contribution in [2.75, 3.05) is 13.2 Å². The summed E-state index contributed by atoms with van der Waals surface area (Å²) < 4.78 is 6.10. The number of ether oxygens (including phenoxy) is 1. The molecule has 0 aliphatic carbocycles. The molecule has 1 aromatic heterocycles. The summed E-state index contributed by atoms with van der Waals surface area (Å²) in [5.41, 5.74) is 0.777. The van der Waals surface area contributed by atoms with Crippen LogP contribution in [-0.4, -0.2) is 30.1 Å². The van der Waals surface area contributed by atoms with Gasteiger partial charge < -0.3 is 10.1 Å². The predicted molar refractivity (Wildman–Crippen MR) is 63.0 cm³/mol. The van der Waals surface area contributed by atoms with E-state index in [2.05, 4.69) is 26.2 Å². The average molecular weight is 285 g/mol. The van der Waals surface area contributed by atoms with Gasteiger partial charge in [0.25, 0.3) is 0 Å². The summed E-state index contributed by atoms with van der Waals surface area (Å²) in [5, 5.41) is 2.93. The van der Waals surface area contributed by atoms with Crippen LogP contribution in [0.1, 0.15) is 12.1 Å². The van der Waals surface area contributed by atoms with Gasteiger partial charge in [0.1, 0.15) is 0 Å². The molecule has 0 aromatic carbocycles. The SMILES string of the molecule is O=C(Cc1ccc(Br)cn1)NC1CCOC1. The number of hydrogen-bond acceptors (Lipinski definition) is 3. The van der Waals surface area contributed by atoms with Crippen molar-refractivity contribution in [1.82, 2.24) is 10.3 Å². The minimum Gasteiger partial charge on any atom is -0.379 e. The molecule has 5 heteroatoms. The molecule has 0 saturated carbocycles. The van der Waals surface area contributed by atoms with Crippen LogP contribution < -0.4 is 5.32 Å². The molecule has 1 aliphatic rings. The van der Waals surface area contributed by atoms with E-state index < -0.39 is 0 Å². The first-order chi connectivity index (χ1) is 7.74. The third-order valence-electron chi connectivity index (χ3n) is 2.43. The van der Waals surface area contributed by atoms with Crippen molar-refractivity contribution in [2.45, 2.75) is 18.9 Å². The number of amides is 1. The van der Waals surface area contributed by atoms with Crippen LogP contribution in [0.3, 0.4) is 0 Å². The number of carbonyl (C=O) groups is 1. The molecular weight excluding hydrogens is 272 g/mol. The van der Waals surface area contributed by atoms with Crippen molar-refractivity contribution in [3.63, 3.8) is 0 Å². The van der Waals surface area contributed by atoms with Crippen LogP contribution in [0.5, 0.6) is 0 Å². The summed E-state index contributed by atoms with van der Waals surface area (Å²) in [4.78, 5) is 15.8. The number of carbonyl (C=O) groups excluding carboxylic acids is 1. The van der Waals surface area contributed by atoms with E-state index in [1.165, 1.54) is 0 Å². The highest BCUT2D eigenvalue weighted by atomic mass is 79.9. The smallest absolute Gasteiger partial charge is 0.226 e. The fraction of sp³-hybridized carbons (Fsp3) is 0.455. The Morgan fingerprint density at radius 1 is 1.62 bits per heavy atom. The molecule has 1 unspecified atom stereocenters. The van der Waals surface area contributed by atoms with E-state index in [0.29, 0.717) is 13.0 Å². The quantitative estimate of drug-likeness (QED) is 0.910. The van der Waals surface area contributed by atoms with Gasteiger partial charge in [0.05, 0.1) is 19.1 Å². The largest absolute Gasteiger partial charge is 0.379 e. The lowest BCUT2D eigenvalue weighted by Crippen LogP contribution is -2.36. The van der Waals surface area contributed by atoms with Crippen LogP contribution in [0, 0.1) is 0 Å². The van der Waals surface area contributed by atoms with Crippen molar-refractivity contribution >= 4 is 21.8 Å². The fourth-order valence-corrected chi connectivity index (χ4v) is 1.84. The zero-order chi connectivity index (χ0) is 11.4. The lowest BCUT2D eigenvalue weighted by atomic mass is 10.2. The molecule has 4 nitrogen and oxygen atoms in total. The first kappa shape index (κ1) is 11.5. The van der Waals surface area contributed by atoms with E-state index >= 15 is 0 Å². The first-order valence-electron chi connectivity index (χ1n) is 5.21. The minimum absolute atomic E-state index is 0.00493. The number of rotatable bonds is 3. The molecule has 1 aliphatic heterocycles. The van der Waals surface area contributed by atoms with Crippen LogP contribution in [0.15, 0.2) is 22.8 Å². The Bertz CT molecular complexity index is 361. The molecule has 86 valence electrons. The standard InChI is InChI=1S/C11H13BrN2O2/c12-8-1-2-9(13-6-8)5-11(15)14-10-3-4-16-7-10/h1-2,6,10H,3-5,7H2,(H,14,15). The summed E-state index contributed by atoms with van der Waals surface area (Å²) >= 11 is 3.30. The van der Waals surface area contributed by atoms with E-state index in [-0.39, 0.29) is 11.9 Å². The second-order valence-corrected chi connectivity index (χ2v) is 4.69. The topological polar surface area (TPSA) is 51.2 Å². The summed E-state index contributed by atoms with van der Waals surface area (Å²) in [5.74, 6) is 0.00493. The van der Waals surface area contributed by atoms with Crippen LogP contribution in [0.4, 0.5) is 0 Å². The monoisotopic (exact) mass is 284 g/mol. The van der Waals surface area contributed by atoms with Gasteiger partial charge in [0.2, 0.25) is 5.91 Å². The Morgan fingerprint density at radius 2 is 2.50 bits per heavy atom.